The van der Waals surface area contributed by atoms with E-state index in [0.717, 1.165) is 10.9 Å². The lowest BCUT2D eigenvalue weighted by Gasteiger charge is -2.17. The number of hydrogen-bond donors (Lipinski definition) is 0. The molecule has 1 aromatic carbocycles. The maximum atomic E-state index is 12.4. The number of nitrogens with zero attached hydrogens (tertiary/aromatic N) is 1. The lowest BCUT2D eigenvalue weighted by atomic mass is 10.2. The van der Waals surface area contributed by atoms with E-state index in [-0.39, 0.29) is 0 Å². The molecule has 3 nitrogen and oxygen atoms in total. The molecule has 0 amide bonds. The highest BCUT2D eigenvalue weighted by Crippen LogP contribution is 2.30. The average Bonchev–Trinajstić information content (AvgIpc) is 2.64. The molecular weight excluding hydrogens is 370 g/mol. The van der Waals surface area contributed by atoms with Crippen LogP contribution in [0.15, 0.2) is 32.0 Å². The van der Waals surface area contributed by atoms with Gasteiger partial charge in [0.05, 0.1) is 4.90 Å². The first-order chi connectivity index (χ1) is 7.91. The van der Waals surface area contributed by atoms with Gasteiger partial charge in [0, 0.05) is 22.0 Å². The second kappa shape index (κ2) is 4.99. The van der Waals surface area contributed by atoms with Gasteiger partial charge in [-0.15, -0.1) is 0 Å². The molecule has 0 aliphatic carbocycles. The fourth-order valence-electron chi connectivity index (χ4n) is 1.94. The summed E-state index contributed by atoms with van der Waals surface area (Å²) in [5, 5.41) is 0. The van der Waals surface area contributed by atoms with E-state index in [9.17, 15) is 8.42 Å². The molecule has 0 bridgehead atoms. The fraction of sp³-hybridized carbons (Fsp3) is 0.455. The Bertz CT molecular complexity index is 530. The Morgan fingerprint density at radius 1 is 1.35 bits per heavy atom. The molecule has 0 N–H and O–H groups in total. The summed E-state index contributed by atoms with van der Waals surface area (Å²) in [5.41, 5.74) is 0. The van der Waals surface area contributed by atoms with Crippen LogP contribution in [0.4, 0.5) is 0 Å². The molecule has 1 aliphatic heterocycles. The second-order valence-electron chi connectivity index (χ2n) is 4.33. The molecule has 1 atom stereocenters. The summed E-state index contributed by atoms with van der Waals surface area (Å²) in [5.74, 6) is 0.444. The van der Waals surface area contributed by atoms with Crippen LogP contribution in [-0.2, 0) is 10.0 Å². The average molecular weight is 383 g/mol. The SMILES string of the molecule is CC1CCN(S(=O)(=O)c2ccc(Br)cc2Br)C1. The second-order valence-corrected chi connectivity index (χ2v) is 8.01. The Kier molecular flexibility index (Phi) is 3.97. The normalized spacial score (nSPS) is 21.9. The zero-order valence-corrected chi connectivity index (χ0v) is 13.3. The topological polar surface area (TPSA) is 37.4 Å². The molecule has 1 aromatic rings. The molecule has 0 aromatic heterocycles. The zero-order chi connectivity index (χ0) is 12.6. The fourth-order valence-corrected chi connectivity index (χ4v) is 5.22. The van der Waals surface area contributed by atoms with Gasteiger partial charge in [-0.3, -0.25) is 0 Å². The summed E-state index contributed by atoms with van der Waals surface area (Å²) in [6.45, 7) is 3.31. The van der Waals surface area contributed by atoms with Crippen LogP contribution in [-0.4, -0.2) is 25.8 Å². The Balaban J connectivity index is 2.38. The molecule has 2 rings (SSSR count). The van der Waals surface area contributed by atoms with Crippen molar-refractivity contribution in [2.75, 3.05) is 13.1 Å². The van der Waals surface area contributed by atoms with E-state index in [1.807, 2.05) is 0 Å². The quantitative estimate of drug-likeness (QED) is 0.787. The molecule has 1 saturated heterocycles. The molecule has 6 heteroatoms. The van der Waals surface area contributed by atoms with Crippen molar-refractivity contribution in [3.63, 3.8) is 0 Å². The predicted octanol–water partition coefficient (Wildman–Crippen LogP) is 3.24. The first-order valence-corrected chi connectivity index (χ1v) is 8.39. The van der Waals surface area contributed by atoms with Crippen molar-refractivity contribution in [1.29, 1.82) is 0 Å². The van der Waals surface area contributed by atoms with Gasteiger partial charge in [0.25, 0.3) is 0 Å². The van der Waals surface area contributed by atoms with E-state index in [4.69, 9.17) is 0 Å². The van der Waals surface area contributed by atoms with Crippen molar-refractivity contribution >= 4 is 41.9 Å². The summed E-state index contributed by atoms with van der Waals surface area (Å²) < 4.78 is 27.8. The van der Waals surface area contributed by atoms with Gasteiger partial charge in [-0.05, 0) is 46.5 Å². The molecule has 0 spiro atoms. The number of rotatable bonds is 2. The summed E-state index contributed by atoms with van der Waals surface area (Å²) in [6, 6.07) is 5.13. The number of sulfonamides is 1. The molecule has 0 radical (unpaired) electrons. The maximum absolute atomic E-state index is 12.4. The highest BCUT2D eigenvalue weighted by Gasteiger charge is 2.31. The Morgan fingerprint density at radius 2 is 2.06 bits per heavy atom. The van der Waals surface area contributed by atoms with Gasteiger partial charge >= 0.3 is 0 Å². The Morgan fingerprint density at radius 3 is 2.59 bits per heavy atom. The van der Waals surface area contributed by atoms with E-state index < -0.39 is 10.0 Å². The van der Waals surface area contributed by atoms with Crippen LogP contribution in [0.2, 0.25) is 0 Å². The van der Waals surface area contributed by atoms with Crippen LogP contribution in [0, 0.1) is 5.92 Å². The van der Waals surface area contributed by atoms with E-state index in [2.05, 4.69) is 38.8 Å². The molecule has 17 heavy (non-hydrogen) atoms. The van der Waals surface area contributed by atoms with Gasteiger partial charge in [-0.1, -0.05) is 22.9 Å². The van der Waals surface area contributed by atoms with Crippen molar-refractivity contribution in [3.8, 4) is 0 Å². The van der Waals surface area contributed by atoms with E-state index in [0.29, 0.717) is 28.4 Å². The zero-order valence-electron chi connectivity index (χ0n) is 9.36. The monoisotopic (exact) mass is 381 g/mol. The Labute approximate surface area is 119 Å². The van der Waals surface area contributed by atoms with Gasteiger partial charge < -0.3 is 0 Å². The van der Waals surface area contributed by atoms with Gasteiger partial charge in [-0.2, -0.15) is 4.31 Å². The third kappa shape index (κ3) is 2.75. The first-order valence-electron chi connectivity index (χ1n) is 5.36. The van der Waals surface area contributed by atoms with Crippen molar-refractivity contribution in [1.82, 2.24) is 4.31 Å². The molecule has 1 fully saturated rings. The van der Waals surface area contributed by atoms with Crippen LogP contribution >= 0.6 is 31.9 Å². The summed E-state index contributed by atoms with van der Waals surface area (Å²) in [7, 11) is -3.35. The van der Waals surface area contributed by atoms with Crippen LogP contribution < -0.4 is 0 Å². The van der Waals surface area contributed by atoms with Gasteiger partial charge in [0.15, 0.2) is 0 Å². The molecular formula is C11H13Br2NO2S. The largest absolute Gasteiger partial charge is 0.244 e. The molecule has 1 unspecified atom stereocenters. The van der Waals surface area contributed by atoms with E-state index in [1.165, 1.54) is 0 Å². The summed E-state index contributed by atoms with van der Waals surface area (Å²) >= 11 is 6.63. The lowest BCUT2D eigenvalue weighted by Crippen LogP contribution is -2.28. The predicted molar refractivity (Wildman–Crippen MR) is 74.4 cm³/mol. The number of benzene rings is 1. The van der Waals surface area contributed by atoms with Crippen molar-refractivity contribution < 1.29 is 8.42 Å². The molecule has 0 saturated carbocycles. The smallest absolute Gasteiger partial charge is 0.207 e. The number of halogens is 2. The Hall–Kier alpha value is 0.0900. The standard InChI is InChI=1S/C11H13Br2NO2S/c1-8-4-5-14(7-8)17(15,16)11-3-2-9(12)6-10(11)13/h2-3,6,8H,4-5,7H2,1H3. The molecule has 1 aliphatic rings. The van der Waals surface area contributed by atoms with Gasteiger partial charge in [0.2, 0.25) is 10.0 Å². The van der Waals surface area contributed by atoms with E-state index >= 15 is 0 Å². The lowest BCUT2D eigenvalue weighted by molar-refractivity contribution is 0.464. The van der Waals surface area contributed by atoms with Crippen LogP contribution in [0.5, 0.6) is 0 Å². The highest BCUT2D eigenvalue weighted by molar-refractivity contribution is 9.11. The minimum atomic E-state index is -3.35. The number of hydrogen-bond acceptors (Lipinski definition) is 2. The maximum Gasteiger partial charge on any atom is 0.244 e. The van der Waals surface area contributed by atoms with Gasteiger partial charge in [0.1, 0.15) is 0 Å². The highest BCUT2D eigenvalue weighted by atomic mass is 79.9. The molecule has 94 valence electrons. The van der Waals surface area contributed by atoms with Crippen LogP contribution in [0.1, 0.15) is 13.3 Å². The van der Waals surface area contributed by atoms with Crippen molar-refractivity contribution in [2.24, 2.45) is 5.92 Å². The van der Waals surface area contributed by atoms with Crippen molar-refractivity contribution in [2.45, 2.75) is 18.2 Å². The summed E-state index contributed by atoms with van der Waals surface area (Å²) in [6.07, 6.45) is 0.938. The molecule has 1 heterocycles. The van der Waals surface area contributed by atoms with Crippen molar-refractivity contribution in [3.05, 3.63) is 27.1 Å². The van der Waals surface area contributed by atoms with Crippen LogP contribution in [0.3, 0.4) is 0 Å². The summed E-state index contributed by atoms with van der Waals surface area (Å²) in [4.78, 5) is 0.342. The minimum absolute atomic E-state index is 0.342. The van der Waals surface area contributed by atoms with E-state index in [1.54, 1.807) is 22.5 Å². The van der Waals surface area contributed by atoms with Gasteiger partial charge in [-0.25, -0.2) is 8.42 Å². The third-order valence-corrected chi connectivity index (χ3v) is 6.23. The third-order valence-electron chi connectivity index (χ3n) is 2.90. The van der Waals surface area contributed by atoms with Crippen LogP contribution in [0.25, 0.3) is 0 Å². The minimum Gasteiger partial charge on any atom is -0.207 e. The first kappa shape index (κ1) is 13.5.